The molecule has 0 amide bonds. The Kier molecular flexibility index (Phi) is 4.02. The molecular weight excluding hydrogens is 314 g/mol. The fraction of sp³-hybridized carbons (Fsp3) is 0.632. The molecule has 0 radical (unpaired) electrons. The van der Waals surface area contributed by atoms with Crippen molar-refractivity contribution in [1.29, 1.82) is 0 Å². The van der Waals surface area contributed by atoms with Gasteiger partial charge < -0.3 is 9.32 Å². The van der Waals surface area contributed by atoms with Gasteiger partial charge in [0.1, 0.15) is 5.76 Å². The van der Waals surface area contributed by atoms with Gasteiger partial charge in [-0.15, -0.1) is 5.10 Å². The van der Waals surface area contributed by atoms with Crippen molar-refractivity contribution in [1.82, 2.24) is 20.1 Å². The van der Waals surface area contributed by atoms with Crippen molar-refractivity contribution < 1.29 is 4.42 Å². The first kappa shape index (κ1) is 16.5. The van der Waals surface area contributed by atoms with Crippen LogP contribution in [0, 0.1) is 0 Å². The van der Waals surface area contributed by atoms with E-state index in [1.807, 2.05) is 6.20 Å². The lowest BCUT2D eigenvalue weighted by Crippen LogP contribution is -2.58. The maximum absolute atomic E-state index is 5.86. The fourth-order valence-corrected chi connectivity index (χ4v) is 3.11. The highest BCUT2D eigenvalue weighted by molar-refractivity contribution is 5.42. The quantitative estimate of drug-likeness (QED) is 0.833. The molecule has 1 aliphatic carbocycles. The topological polar surface area (TPSA) is 58.3 Å². The molecule has 2 aliphatic rings. The van der Waals surface area contributed by atoms with Gasteiger partial charge in [0.25, 0.3) is 0 Å². The molecule has 2 aromatic rings. The summed E-state index contributed by atoms with van der Waals surface area (Å²) in [5.74, 6) is 3.48. The molecule has 0 bridgehead atoms. The largest absolute Gasteiger partial charge is 0.444 e. The van der Waals surface area contributed by atoms with E-state index >= 15 is 0 Å². The van der Waals surface area contributed by atoms with E-state index in [9.17, 15) is 0 Å². The van der Waals surface area contributed by atoms with E-state index in [-0.39, 0.29) is 5.41 Å². The number of anilines is 1. The molecule has 0 atom stereocenters. The second-order valence-corrected chi connectivity index (χ2v) is 8.43. The monoisotopic (exact) mass is 341 g/mol. The third-order valence-corrected chi connectivity index (χ3v) is 5.16. The first-order chi connectivity index (χ1) is 11.9. The number of aromatic nitrogens is 3. The Hall–Kier alpha value is -1.95. The van der Waals surface area contributed by atoms with Gasteiger partial charge in [-0.3, -0.25) is 4.90 Å². The van der Waals surface area contributed by atoms with Crippen molar-refractivity contribution >= 4 is 5.82 Å². The number of hydrogen-bond donors (Lipinski definition) is 0. The minimum Gasteiger partial charge on any atom is -0.444 e. The van der Waals surface area contributed by atoms with Gasteiger partial charge in [-0.2, -0.15) is 5.10 Å². The minimum absolute atomic E-state index is 0.0403. The van der Waals surface area contributed by atoms with Gasteiger partial charge >= 0.3 is 0 Å². The van der Waals surface area contributed by atoms with Crippen LogP contribution in [0.1, 0.15) is 56.9 Å². The summed E-state index contributed by atoms with van der Waals surface area (Å²) in [6.45, 7) is 9.17. The van der Waals surface area contributed by atoms with E-state index in [0.717, 1.165) is 42.8 Å². The summed E-state index contributed by atoms with van der Waals surface area (Å²) in [4.78, 5) is 9.01. The first-order valence-electron chi connectivity index (χ1n) is 9.14. The Bertz CT molecular complexity index is 723. The van der Waals surface area contributed by atoms with Crippen LogP contribution in [0.5, 0.6) is 0 Å². The van der Waals surface area contributed by atoms with Crippen LogP contribution in [-0.2, 0) is 12.0 Å². The van der Waals surface area contributed by atoms with Gasteiger partial charge in [0.05, 0.1) is 18.4 Å². The van der Waals surface area contributed by atoms with Crippen LogP contribution in [0.4, 0.5) is 5.82 Å². The molecule has 134 valence electrons. The summed E-state index contributed by atoms with van der Waals surface area (Å²) in [6, 6.07) is 4.67. The van der Waals surface area contributed by atoms with Crippen molar-refractivity contribution in [2.75, 3.05) is 25.0 Å². The first-order valence-corrected chi connectivity index (χ1v) is 9.14. The molecule has 0 N–H and O–H groups in total. The molecule has 3 heterocycles. The maximum atomic E-state index is 5.86. The molecule has 2 fully saturated rings. The molecule has 6 heteroatoms. The van der Waals surface area contributed by atoms with Crippen molar-refractivity contribution in [3.8, 4) is 0 Å². The smallest absolute Gasteiger partial charge is 0.208 e. The second kappa shape index (κ2) is 6.09. The van der Waals surface area contributed by atoms with Gasteiger partial charge in [0.2, 0.25) is 5.89 Å². The predicted octanol–water partition coefficient (Wildman–Crippen LogP) is 2.96. The van der Waals surface area contributed by atoms with E-state index in [4.69, 9.17) is 4.42 Å². The molecule has 2 aromatic heterocycles. The molecule has 6 nitrogen and oxygen atoms in total. The SMILES string of the molecule is CN(Cc1ncc(C2CC2)o1)C1CN(c2ccc(C(C)(C)C)nn2)C1. The highest BCUT2D eigenvalue weighted by Gasteiger charge is 2.32. The average molecular weight is 341 g/mol. The maximum Gasteiger partial charge on any atom is 0.208 e. The Labute approximate surface area is 149 Å². The van der Waals surface area contributed by atoms with Gasteiger partial charge in [-0.1, -0.05) is 20.8 Å². The number of hydrogen-bond acceptors (Lipinski definition) is 6. The summed E-state index contributed by atoms with van der Waals surface area (Å²) in [6.07, 6.45) is 4.40. The van der Waals surface area contributed by atoms with Crippen LogP contribution < -0.4 is 4.90 Å². The Morgan fingerprint density at radius 3 is 2.56 bits per heavy atom. The van der Waals surface area contributed by atoms with Crippen LogP contribution >= 0.6 is 0 Å². The second-order valence-electron chi connectivity index (χ2n) is 8.43. The Balaban J connectivity index is 1.30. The van der Waals surface area contributed by atoms with Crippen LogP contribution in [-0.4, -0.2) is 46.3 Å². The van der Waals surface area contributed by atoms with Gasteiger partial charge in [0, 0.05) is 30.5 Å². The number of nitrogens with zero attached hydrogens (tertiary/aromatic N) is 5. The standard InChI is InChI=1S/C19H27N5O/c1-19(2,3)16-7-8-17(22-21-16)24-10-14(11-24)23(4)12-18-20-9-15(25-18)13-5-6-13/h7-9,13-14H,5-6,10-12H2,1-4H3. The summed E-state index contributed by atoms with van der Waals surface area (Å²) >= 11 is 0. The van der Waals surface area contributed by atoms with Crippen LogP contribution in [0.25, 0.3) is 0 Å². The van der Waals surface area contributed by atoms with Crippen molar-refractivity contribution in [2.24, 2.45) is 0 Å². The van der Waals surface area contributed by atoms with Crippen LogP contribution in [0.3, 0.4) is 0 Å². The molecule has 1 saturated heterocycles. The van der Waals surface area contributed by atoms with E-state index in [1.165, 1.54) is 12.8 Å². The van der Waals surface area contributed by atoms with E-state index in [1.54, 1.807) is 0 Å². The molecule has 4 rings (SSSR count). The normalized spacial score (nSPS) is 18.7. The summed E-state index contributed by atoms with van der Waals surface area (Å²) in [7, 11) is 2.14. The van der Waals surface area contributed by atoms with E-state index in [2.05, 4.69) is 64.9 Å². The Morgan fingerprint density at radius 2 is 1.96 bits per heavy atom. The third kappa shape index (κ3) is 3.54. The fourth-order valence-electron chi connectivity index (χ4n) is 3.11. The Morgan fingerprint density at radius 1 is 1.20 bits per heavy atom. The number of likely N-dealkylation sites (N-methyl/N-ethyl adjacent to an activating group) is 1. The van der Waals surface area contributed by atoms with Crippen LogP contribution in [0.15, 0.2) is 22.7 Å². The van der Waals surface area contributed by atoms with Crippen molar-refractivity contribution in [3.05, 3.63) is 35.7 Å². The minimum atomic E-state index is 0.0403. The zero-order valence-electron chi connectivity index (χ0n) is 15.6. The molecular formula is C19H27N5O. The van der Waals surface area contributed by atoms with Crippen molar-refractivity contribution in [3.63, 3.8) is 0 Å². The van der Waals surface area contributed by atoms with Crippen LogP contribution in [0.2, 0.25) is 0 Å². The van der Waals surface area contributed by atoms with E-state index < -0.39 is 0 Å². The van der Waals surface area contributed by atoms with Gasteiger partial charge in [-0.25, -0.2) is 4.98 Å². The lowest BCUT2D eigenvalue weighted by molar-refractivity contribution is 0.179. The number of rotatable bonds is 5. The highest BCUT2D eigenvalue weighted by atomic mass is 16.4. The average Bonchev–Trinajstić information content (AvgIpc) is 3.26. The van der Waals surface area contributed by atoms with E-state index in [0.29, 0.717) is 12.0 Å². The molecule has 1 saturated carbocycles. The molecule has 1 aliphatic heterocycles. The zero-order valence-corrected chi connectivity index (χ0v) is 15.6. The molecule has 0 unspecified atom stereocenters. The molecule has 25 heavy (non-hydrogen) atoms. The number of oxazole rings is 1. The zero-order chi connectivity index (χ0) is 17.6. The summed E-state index contributed by atoms with van der Waals surface area (Å²) in [5.41, 5.74) is 1.07. The van der Waals surface area contributed by atoms with Gasteiger partial charge in [0.15, 0.2) is 5.82 Å². The third-order valence-electron chi connectivity index (χ3n) is 5.16. The summed E-state index contributed by atoms with van der Waals surface area (Å²) in [5, 5.41) is 8.79. The summed E-state index contributed by atoms with van der Waals surface area (Å²) < 4.78 is 5.86. The lowest BCUT2D eigenvalue weighted by atomic mass is 9.92. The molecule has 0 spiro atoms. The molecule has 0 aromatic carbocycles. The lowest BCUT2D eigenvalue weighted by Gasteiger charge is -2.44. The van der Waals surface area contributed by atoms with Crippen molar-refractivity contribution in [2.45, 2.75) is 57.5 Å². The van der Waals surface area contributed by atoms with Gasteiger partial charge in [-0.05, 0) is 32.0 Å². The predicted molar refractivity (Wildman–Crippen MR) is 96.7 cm³/mol. The highest BCUT2D eigenvalue weighted by Crippen LogP contribution is 2.40.